The molecule has 0 aliphatic heterocycles. The number of esters is 1. The highest BCUT2D eigenvalue weighted by Gasteiger charge is 2.91. The van der Waals surface area contributed by atoms with E-state index < -0.39 is 35.8 Å². The SMILES string of the molecule is COC(=O)C(F)(F)C(F)(F)C(F)(C(F)(F)F)C(F)(F)F. The second-order valence-electron chi connectivity index (χ2n) is 3.29. The van der Waals surface area contributed by atoms with Crippen LogP contribution in [-0.4, -0.2) is 42.9 Å². The van der Waals surface area contributed by atoms with Crippen molar-refractivity contribution in [3.8, 4) is 0 Å². The number of hydrogen-bond donors (Lipinski definition) is 0. The van der Waals surface area contributed by atoms with E-state index in [4.69, 9.17) is 0 Å². The summed E-state index contributed by atoms with van der Waals surface area (Å²) in [5.74, 6) is -17.6. The first-order valence-corrected chi connectivity index (χ1v) is 4.15. The number of carbonyl (C=O) groups excluding carboxylic acids is 1. The van der Waals surface area contributed by atoms with E-state index in [1.807, 2.05) is 0 Å². The van der Waals surface area contributed by atoms with Gasteiger partial charge in [0.2, 0.25) is 0 Å². The summed E-state index contributed by atoms with van der Waals surface area (Å²) in [7, 11) is -0.0204. The zero-order valence-corrected chi connectivity index (χ0v) is 8.97. The molecule has 0 heterocycles. The van der Waals surface area contributed by atoms with Crippen LogP contribution in [0.5, 0.6) is 0 Å². The van der Waals surface area contributed by atoms with Gasteiger partial charge in [0.1, 0.15) is 0 Å². The fraction of sp³-hybridized carbons (Fsp3) is 0.857. The fourth-order valence-corrected chi connectivity index (χ4v) is 0.989. The summed E-state index contributed by atoms with van der Waals surface area (Å²) in [6, 6.07) is 0. The zero-order chi connectivity index (χ0) is 16.8. The van der Waals surface area contributed by atoms with Crippen LogP contribution in [0.15, 0.2) is 0 Å². The average Bonchev–Trinajstić information content (AvgIpc) is 2.22. The maximum atomic E-state index is 12.9. The Bertz CT molecular complexity index is 365. The van der Waals surface area contributed by atoms with Crippen LogP contribution in [0.2, 0.25) is 0 Å². The largest absolute Gasteiger partial charge is 0.464 e. The van der Waals surface area contributed by atoms with Gasteiger partial charge in [-0.1, -0.05) is 0 Å². The van der Waals surface area contributed by atoms with Gasteiger partial charge < -0.3 is 4.74 Å². The Hall–Kier alpha value is -1.30. The minimum Gasteiger partial charge on any atom is -0.464 e. The van der Waals surface area contributed by atoms with Crippen LogP contribution < -0.4 is 0 Å². The predicted octanol–water partition coefficient (Wildman–Crippen LogP) is 3.26. The molecule has 0 aromatic rings. The Labute approximate surface area is 102 Å². The monoisotopic (exact) mass is 328 g/mol. The minimum atomic E-state index is -7.65. The molecule has 0 bridgehead atoms. The van der Waals surface area contributed by atoms with E-state index in [0.29, 0.717) is 0 Å². The minimum absolute atomic E-state index is 0.0204. The second kappa shape index (κ2) is 4.62. The van der Waals surface area contributed by atoms with E-state index in [9.17, 15) is 53.1 Å². The molecular weight excluding hydrogens is 325 g/mol. The molecule has 2 nitrogen and oxygen atoms in total. The molecule has 120 valence electrons. The fourth-order valence-electron chi connectivity index (χ4n) is 0.989. The molecule has 0 saturated heterocycles. The van der Waals surface area contributed by atoms with Gasteiger partial charge in [-0.15, -0.1) is 0 Å². The van der Waals surface area contributed by atoms with Crippen molar-refractivity contribution in [1.29, 1.82) is 0 Å². The Balaban J connectivity index is 6.29. The summed E-state index contributed by atoms with van der Waals surface area (Å²) in [4.78, 5) is 10.2. The lowest BCUT2D eigenvalue weighted by Crippen LogP contribution is -2.71. The molecule has 0 amide bonds. The lowest BCUT2D eigenvalue weighted by Gasteiger charge is -2.38. The van der Waals surface area contributed by atoms with Crippen molar-refractivity contribution in [2.24, 2.45) is 0 Å². The Kier molecular flexibility index (Phi) is 4.32. The van der Waals surface area contributed by atoms with Crippen LogP contribution in [0.3, 0.4) is 0 Å². The maximum Gasteiger partial charge on any atom is 0.438 e. The first-order valence-electron chi connectivity index (χ1n) is 4.15. The molecular formula is C7H3F11O2. The van der Waals surface area contributed by atoms with Crippen molar-refractivity contribution in [3.05, 3.63) is 0 Å². The summed E-state index contributed by atoms with van der Waals surface area (Å²) < 4.78 is 138. The van der Waals surface area contributed by atoms with Crippen molar-refractivity contribution >= 4 is 5.97 Å². The number of methoxy groups -OCH3 is 1. The summed E-state index contributed by atoms with van der Waals surface area (Å²) >= 11 is 0. The van der Waals surface area contributed by atoms with E-state index in [2.05, 4.69) is 4.74 Å². The Morgan fingerprint density at radius 2 is 1.05 bits per heavy atom. The van der Waals surface area contributed by atoms with Gasteiger partial charge in [-0.05, 0) is 0 Å². The Morgan fingerprint density at radius 3 is 1.25 bits per heavy atom. The molecule has 0 atom stereocenters. The lowest BCUT2D eigenvalue weighted by atomic mass is 9.90. The third kappa shape index (κ3) is 2.26. The highest BCUT2D eigenvalue weighted by molar-refractivity contribution is 5.79. The molecule has 0 N–H and O–H groups in total. The molecule has 20 heavy (non-hydrogen) atoms. The van der Waals surface area contributed by atoms with Crippen LogP contribution in [0.4, 0.5) is 48.3 Å². The average molecular weight is 328 g/mol. The quantitative estimate of drug-likeness (QED) is 0.587. The molecule has 0 aliphatic carbocycles. The first kappa shape index (κ1) is 18.7. The van der Waals surface area contributed by atoms with Crippen LogP contribution in [0.25, 0.3) is 0 Å². The van der Waals surface area contributed by atoms with E-state index >= 15 is 0 Å². The van der Waals surface area contributed by atoms with E-state index in [1.165, 1.54) is 0 Å². The molecule has 0 spiro atoms. The highest BCUT2D eigenvalue weighted by Crippen LogP contribution is 2.59. The van der Waals surface area contributed by atoms with Gasteiger partial charge in [0, 0.05) is 0 Å². The number of hydrogen-bond acceptors (Lipinski definition) is 2. The normalized spacial score (nSPS) is 15.2. The van der Waals surface area contributed by atoms with Gasteiger partial charge in [0.25, 0.3) is 0 Å². The number of carbonyl (C=O) groups is 1. The third-order valence-electron chi connectivity index (χ3n) is 2.05. The van der Waals surface area contributed by atoms with Crippen LogP contribution >= 0.6 is 0 Å². The van der Waals surface area contributed by atoms with Crippen LogP contribution in [0.1, 0.15) is 0 Å². The smallest absolute Gasteiger partial charge is 0.438 e. The molecule has 0 aliphatic rings. The van der Waals surface area contributed by atoms with Gasteiger partial charge in [-0.2, -0.15) is 43.9 Å². The number of halogens is 11. The summed E-state index contributed by atoms with van der Waals surface area (Å²) in [5.41, 5.74) is -7.65. The Morgan fingerprint density at radius 1 is 0.750 bits per heavy atom. The van der Waals surface area contributed by atoms with Gasteiger partial charge in [-0.25, -0.2) is 9.18 Å². The molecule has 0 aromatic heterocycles. The summed E-state index contributed by atoms with van der Waals surface area (Å²) in [6.45, 7) is 0. The summed E-state index contributed by atoms with van der Waals surface area (Å²) in [6.07, 6.45) is -14.9. The van der Waals surface area contributed by atoms with Gasteiger partial charge in [-0.3, -0.25) is 0 Å². The predicted molar refractivity (Wildman–Crippen MR) is 37.9 cm³/mol. The number of rotatable bonds is 3. The van der Waals surface area contributed by atoms with Gasteiger partial charge >= 0.3 is 35.8 Å². The molecule has 0 rings (SSSR count). The van der Waals surface area contributed by atoms with Gasteiger partial charge in [0.05, 0.1) is 7.11 Å². The van der Waals surface area contributed by atoms with Crippen LogP contribution in [0, 0.1) is 0 Å². The molecule has 0 unspecified atom stereocenters. The number of ether oxygens (including phenoxy) is 1. The van der Waals surface area contributed by atoms with Crippen molar-refractivity contribution in [1.82, 2.24) is 0 Å². The third-order valence-corrected chi connectivity index (χ3v) is 2.05. The van der Waals surface area contributed by atoms with E-state index in [1.54, 1.807) is 0 Å². The zero-order valence-electron chi connectivity index (χ0n) is 8.97. The van der Waals surface area contributed by atoms with E-state index in [-0.39, 0.29) is 7.11 Å². The number of alkyl halides is 11. The molecule has 13 heteroatoms. The summed E-state index contributed by atoms with van der Waals surface area (Å²) in [5, 5.41) is 0. The molecule has 0 radical (unpaired) electrons. The second-order valence-corrected chi connectivity index (χ2v) is 3.29. The first-order chi connectivity index (χ1) is 8.48. The highest BCUT2D eigenvalue weighted by atomic mass is 19.4. The van der Waals surface area contributed by atoms with Crippen molar-refractivity contribution in [3.63, 3.8) is 0 Å². The molecule has 0 aromatic carbocycles. The van der Waals surface area contributed by atoms with Crippen LogP contribution in [-0.2, 0) is 9.53 Å². The van der Waals surface area contributed by atoms with Crippen molar-refractivity contribution in [2.45, 2.75) is 29.9 Å². The standard InChI is InChI=1S/C7H3F11O2/c1-20-2(19)3(8,9)5(11,12)4(10,6(13,14)15)7(16,17)18/h1H3. The van der Waals surface area contributed by atoms with E-state index in [0.717, 1.165) is 0 Å². The lowest BCUT2D eigenvalue weighted by molar-refractivity contribution is -0.421. The molecule has 0 fully saturated rings. The van der Waals surface area contributed by atoms with Crippen molar-refractivity contribution in [2.75, 3.05) is 7.11 Å². The molecule has 0 saturated carbocycles. The maximum absolute atomic E-state index is 12.9. The van der Waals surface area contributed by atoms with Gasteiger partial charge in [0.15, 0.2) is 0 Å². The van der Waals surface area contributed by atoms with Crippen molar-refractivity contribution < 1.29 is 57.8 Å². The topological polar surface area (TPSA) is 26.3 Å².